The average Bonchev–Trinajstić information content (AvgIpc) is 3.28. The van der Waals surface area contributed by atoms with Crippen molar-refractivity contribution >= 4 is 13.8 Å². The van der Waals surface area contributed by atoms with Crippen LogP contribution < -0.4 is 0 Å². The Hall–Kier alpha value is -1.02. The molecule has 2 unspecified atom stereocenters. The van der Waals surface area contributed by atoms with E-state index in [4.69, 9.17) is 18.5 Å². The van der Waals surface area contributed by atoms with Gasteiger partial charge in [-0.2, -0.15) is 0 Å². The van der Waals surface area contributed by atoms with Crippen molar-refractivity contribution in [3.63, 3.8) is 0 Å². The number of phosphoric acid groups is 1. The molecule has 0 aromatic carbocycles. The summed E-state index contributed by atoms with van der Waals surface area (Å²) in [4.78, 5) is 23.1. The number of rotatable bonds is 54. The SMILES string of the molecule is CCCCCCC/C=C\C/C=C\CCCCCCCCCCCC(=O)OC(COCCCCCCCCCCCCCCCCCCCCCCCCC)COP(=O)(O)OCC[N+](C)(C)C. The molecule has 0 aliphatic rings. The molecule has 0 fully saturated rings. The van der Waals surface area contributed by atoms with Crippen LogP contribution in [0.3, 0.4) is 0 Å². The summed E-state index contributed by atoms with van der Waals surface area (Å²) in [6.45, 7) is 5.67. The second-order valence-electron chi connectivity index (χ2n) is 20.7. The van der Waals surface area contributed by atoms with Crippen molar-refractivity contribution < 1.29 is 37.3 Å². The van der Waals surface area contributed by atoms with Gasteiger partial charge in [0.2, 0.25) is 0 Å². The van der Waals surface area contributed by atoms with Crippen molar-refractivity contribution in [3.8, 4) is 0 Å². The van der Waals surface area contributed by atoms with Crippen LogP contribution in [0.2, 0.25) is 0 Å². The van der Waals surface area contributed by atoms with Crippen molar-refractivity contribution in [3.05, 3.63) is 24.3 Å². The highest BCUT2D eigenvalue weighted by Crippen LogP contribution is 2.43. The second-order valence-corrected chi connectivity index (χ2v) is 22.1. The predicted molar refractivity (Wildman–Crippen MR) is 284 cm³/mol. The number of carbonyl (C=O) groups excluding carboxylic acids is 1. The Morgan fingerprint density at radius 1 is 0.470 bits per heavy atom. The molecule has 0 saturated carbocycles. The zero-order valence-corrected chi connectivity index (χ0v) is 45.6. The molecule has 0 radical (unpaired) electrons. The molecule has 0 aromatic rings. The monoisotopic (exact) mass is 955 g/mol. The van der Waals surface area contributed by atoms with Crippen LogP contribution in [0.5, 0.6) is 0 Å². The van der Waals surface area contributed by atoms with Gasteiger partial charge in [0.15, 0.2) is 0 Å². The minimum Gasteiger partial charge on any atom is -0.457 e. The van der Waals surface area contributed by atoms with Crippen LogP contribution in [-0.4, -0.2) is 75.6 Å². The standard InChI is InChI=1S/C57H112NO7P/c1-6-8-10-12-14-16-18-20-22-24-26-28-29-31-33-35-37-39-41-43-45-47-49-52-62-54-56(55-64-66(60,61)63-53-51-58(3,4)5)65-57(59)50-48-46-44-42-40-38-36-34-32-30-27-25-23-21-19-17-15-13-11-9-7-2/h19,21,25,27,56H,6-18,20,22-24,26,28-55H2,1-5H3/p+1/b21-19-,27-25-. The Labute approximate surface area is 411 Å². The van der Waals surface area contributed by atoms with E-state index in [1.54, 1.807) is 0 Å². The number of unbranched alkanes of at least 4 members (excludes halogenated alkanes) is 36. The summed E-state index contributed by atoms with van der Waals surface area (Å²) in [7, 11) is 1.68. The smallest absolute Gasteiger partial charge is 0.457 e. The Morgan fingerprint density at radius 3 is 1.23 bits per heavy atom. The molecular weight excluding hydrogens is 842 g/mol. The zero-order chi connectivity index (χ0) is 48.3. The van der Waals surface area contributed by atoms with Crippen LogP contribution in [0, 0.1) is 0 Å². The van der Waals surface area contributed by atoms with E-state index in [-0.39, 0.29) is 25.8 Å². The van der Waals surface area contributed by atoms with Gasteiger partial charge in [-0.05, 0) is 44.9 Å². The third kappa shape index (κ3) is 53.9. The quantitative estimate of drug-likeness (QED) is 0.0213. The van der Waals surface area contributed by atoms with Crippen LogP contribution in [0.4, 0.5) is 0 Å². The van der Waals surface area contributed by atoms with E-state index >= 15 is 0 Å². The number of likely N-dealkylation sites (N-methyl/N-ethyl adjacent to an activating group) is 1. The molecule has 0 heterocycles. The van der Waals surface area contributed by atoms with Crippen molar-refractivity contribution in [2.24, 2.45) is 0 Å². The normalized spacial score (nSPS) is 13.6. The Kier molecular flexibility index (Phi) is 49.6. The maximum atomic E-state index is 12.8. The molecule has 1 N–H and O–H groups in total. The van der Waals surface area contributed by atoms with Crippen LogP contribution in [0.25, 0.3) is 0 Å². The lowest BCUT2D eigenvalue weighted by Crippen LogP contribution is -2.37. The van der Waals surface area contributed by atoms with E-state index in [1.165, 1.54) is 218 Å². The van der Waals surface area contributed by atoms with Gasteiger partial charge in [-0.15, -0.1) is 0 Å². The Bertz CT molecular complexity index is 1110. The van der Waals surface area contributed by atoms with Gasteiger partial charge >= 0.3 is 13.8 Å². The van der Waals surface area contributed by atoms with Gasteiger partial charge < -0.3 is 18.9 Å². The number of esters is 1. The van der Waals surface area contributed by atoms with E-state index in [0.29, 0.717) is 24.1 Å². The van der Waals surface area contributed by atoms with Gasteiger partial charge in [0.1, 0.15) is 19.3 Å². The molecule has 392 valence electrons. The lowest BCUT2D eigenvalue weighted by atomic mass is 10.0. The fraction of sp³-hybridized carbons (Fsp3) is 0.912. The number of allylic oxidation sites excluding steroid dienone is 4. The van der Waals surface area contributed by atoms with Gasteiger partial charge in [-0.25, -0.2) is 4.57 Å². The summed E-state index contributed by atoms with van der Waals surface area (Å²) in [6.07, 6.45) is 60.9. The summed E-state index contributed by atoms with van der Waals surface area (Å²) in [5, 5.41) is 0. The lowest BCUT2D eigenvalue weighted by Gasteiger charge is -2.24. The minimum atomic E-state index is -4.28. The molecule has 0 aromatic heterocycles. The summed E-state index contributed by atoms with van der Waals surface area (Å²) in [6, 6.07) is 0. The molecule has 2 atom stereocenters. The van der Waals surface area contributed by atoms with Gasteiger partial charge in [0, 0.05) is 13.0 Å². The van der Waals surface area contributed by atoms with E-state index in [2.05, 4.69) is 38.2 Å². The topological polar surface area (TPSA) is 91.3 Å². The average molecular weight is 956 g/mol. The molecule has 0 aliphatic carbocycles. The van der Waals surface area contributed by atoms with E-state index < -0.39 is 13.9 Å². The molecule has 9 heteroatoms. The van der Waals surface area contributed by atoms with E-state index in [1.807, 2.05) is 21.1 Å². The highest BCUT2D eigenvalue weighted by molar-refractivity contribution is 7.47. The van der Waals surface area contributed by atoms with Gasteiger partial charge in [-0.3, -0.25) is 13.8 Å². The number of hydrogen-bond donors (Lipinski definition) is 1. The maximum Gasteiger partial charge on any atom is 0.472 e. The summed E-state index contributed by atoms with van der Waals surface area (Å²) >= 11 is 0. The number of quaternary nitrogens is 1. The molecule has 0 bridgehead atoms. The third-order valence-electron chi connectivity index (χ3n) is 12.8. The third-order valence-corrected chi connectivity index (χ3v) is 13.7. The first-order valence-electron chi connectivity index (χ1n) is 28.6. The molecular formula is C57H113NO7P+. The van der Waals surface area contributed by atoms with Crippen LogP contribution >= 0.6 is 7.82 Å². The Balaban J connectivity index is 4.05. The largest absolute Gasteiger partial charge is 0.472 e. The molecule has 0 aliphatic heterocycles. The first-order valence-corrected chi connectivity index (χ1v) is 30.1. The summed E-state index contributed by atoms with van der Waals surface area (Å²) in [5.41, 5.74) is 0. The van der Waals surface area contributed by atoms with Crippen molar-refractivity contribution in [1.82, 2.24) is 0 Å². The van der Waals surface area contributed by atoms with Crippen molar-refractivity contribution in [2.45, 2.75) is 283 Å². The maximum absolute atomic E-state index is 12.8. The fourth-order valence-corrected chi connectivity index (χ4v) is 9.09. The molecule has 8 nitrogen and oxygen atoms in total. The predicted octanol–water partition coefficient (Wildman–Crippen LogP) is 17.9. The van der Waals surface area contributed by atoms with E-state index in [9.17, 15) is 14.3 Å². The molecule has 0 amide bonds. The fourth-order valence-electron chi connectivity index (χ4n) is 8.35. The summed E-state index contributed by atoms with van der Waals surface area (Å²) in [5.74, 6) is -0.312. The lowest BCUT2D eigenvalue weighted by molar-refractivity contribution is -0.870. The van der Waals surface area contributed by atoms with Crippen molar-refractivity contribution in [1.29, 1.82) is 0 Å². The van der Waals surface area contributed by atoms with Crippen molar-refractivity contribution in [2.75, 3.05) is 54.1 Å². The van der Waals surface area contributed by atoms with E-state index in [0.717, 1.165) is 38.5 Å². The number of carbonyl (C=O) groups is 1. The van der Waals surface area contributed by atoms with Gasteiger partial charge in [0.25, 0.3) is 0 Å². The molecule has 0 rings (SSSR count). The number of ether oxygens (including phenoxy) is 2. The first kappa shape index (κ1) is 65.0. The zero-order valence-electron chi connectivity index (χ0n) is 44.7. The number of hydrogen-bond acceptors (Lipinski definition) is 6. The van der Waals surface area contributed by atoms with Gasteiger partial charge in [-0.1, -0.05) is 250 Å². The number of phosphoric ester groups is 1. The van der Waals surface area contributed by atoms with Gasteiger partial charge in [0.05, 0.1) is 34.4 Å². The minimum absolute atomic E-state index is 0.0903. The first-order chi connectivity index (χ1) is 32.1. The molecule has 0 saturated heterocycles. The summed E-state index contributed by atoms with van der Waals surface area (Å²) < 4.78 is 35.3. The second kappa shape index (κ2) is 50.4. The highest BCUT2D eigenvalue weighted by Gasteiger charge is 2.26. The molecule has 0 spiro atoms. The number of nitrogens with zero attached hydrogens (tertiary/aromatic N) is 1. The Morgan fingerprint density at radius 2 is 0.833 bits per heavy atom. The van der Waals surface area contributed by atoms with Crippen LogP contribution in [0.15, 0.2) is 24.3 Å². The molecule has 66 heavy (non-hydrogen) atoms. The van der Waals surface area contributed by atoms with Crippen LogP contribution in [0.1, 0.15) is 277 Å². The van der Waals surface area contributed by atoms with Crippen LogP contribution in [-0.2, 0) is 27.9 Å². The highest BCUT2D eigenvalue weighted by atomic mass is 31.2.